The molecule has 0 aromatic carbocycles. The minimum atomic E-state index is 0.671. The molecular weight excluding hydrogens is 200 g/mol. The third-order valence-electron chi connectivity index (χ3n) is 3.02. The fraction of sp³-hybridized carbons (Fsp3) is 0.857. The summed E-state index contributed by atoms with van der Waals surface area (Å²) in [5, 5.41) is 0. The highest BCUT2D eigenvalue weighted by Crippen LogP contribution is 2.24. The summed E-state index contributed by atoms with van der Waals surface area (Å²) in [6.07, 6.45) is 11.3. The van der Waals surface area contributed by atoms with Crippen LogP contribution in [-0.2, 0) is 9.59 Å². The van der Waals surface area contributed by atoms with Crippen LogP contribution in [0.2, 0.25) is 0 Å². The van der Waals surface area contributed by atoms with Gasteiger partial charge in [0.15, 0.2) is 0 Å². The lowest BCUT2D eigenvalue weighted by Crippen LogP contribution is -2.05. The van der Waals surface area contributed by atoms with Crippen LogP contribution in [0.1, 0.15) is 65.2 Å². The molecule has 2 heteroatoms. The molecule has 16 heavy (non-hydrogen) atoms. The molecule has 2 nitrogen and oxygen atoms in total. The van der Waals surface area contributed by atoms with Crippen molar-refractivity contribution >= 4 is 12.6 Å². The molecule has 0 aliphatic heterocycles. The van der Waals surface area contributed by atoms with Crippen molar-refractivity contribution in [3.05, 3.63) is 0 Å². The van der Waals surface area contributed by atoms with Crippen LogP contribution >= 0.6 is 0 Å². The Hall–Kier alpha value is -0.660. The molecule has 0 bridgehead atoms. The Bertz CT molecular complexity index is 170. The monoisotopic (exact) mass is 226 g/mol. The van der Waals surface area contributed by atoms with E-state index in [2.05, 4.69) is 13.8 Å². The molecule has 0 aromatic heterocycles. The van der Waals surface area contributed by atoms with E-state index in [1.165, 1.54) is 32.1 Å². The summed E-state index contributed by atoms with van der Waals surface area (Å²) in [4.78, 5) is 19.8. The Labute approximate surface area is 99.8 Å². The number of hydrogen-bond donors (Lipinski definition) is 0. The van der Waals surface area contributed by atoms with Gasteiger partial charge in [0.1, 0.15) is 12.6 Å². The zero-order chi connectivity index (χ0) is 12.2. The highest BCUT2D eigenvalue weighted by molar-refractivity contribution is 5.49. The largest absolute Gasteiger partial charge is 0.303 e. The minimum absolute atomic E-state index is 0.671. The second-order valence-corrected chi connectivity index (χ2v) is 5.04. The first-order valence-corrected chi connectivity index (χ1v) is 6.58. The fourth-order valence-corrected chi connectivity index (χ4v) is 1.96. The average molecular weight is 226 g/mol. The van der Waals surface area contributed by atoms with E-state index in [0.717, 1.165) is 37.8 Å². The molecule has 0 N–H and O–H groups in total. The maximum absolute atomic E-state index is 10.1. The van der Waals surface area contributed by atoms with Crippen molar-refractivity contribution in [2.24, 2.45) is 11.8 Å². The van der Waals surface area contributed by atoms with Gasteiger partial charge in [0, 0.05) is 12.8 Å². The topological polar surface area (TPSA) is 34.1 Å². The van der Waals surface area contributed by atoms with Crippen molar-refractivity contribution in [3.63, 3.8) is 0 Å². The second kappa shape index (κ2) is 10.8. The van der Waals surface area contributed by atoms with Crippen molar-refractivity contribution in [1.82, 2.24) is 0 Å². The van der Waals surface area contributed by atoms with Gasteiger partial charge >= 0.3 is 0 Å². The Morgan fingerprint density at radius 2 is 1.69 bits per heavy atom. The van der Waals surface area contributed by atoms with Crippen LogP contribution in [0.15, 0.2) is 0 Å². The molecule has 1 fully saturated rings. The molecule has 94 valence electrons. The molecule has 0 aromatic rings. The summed E-state index contributed by atoms with van der Waals surface area (Å²) in [6, 6.07) is 0. The van der Waals surface area contributed by atoms with Crippen LogP contribution in [-0.4, -0.2) is 12.6 Å². The van der Waals surface area contributed by atoms with Crippen molar-refractivity contribution < 1.29 is 9.59 Å². The van der Waals surface area contributed by atoms with Gasteiger partial charge in [-0.3, -0.25) is 0 Å². The molecule has 1 aliphatic rings. The Kier molecular flexibility index (Phi) is 10.4. The molecule has 1 aliphatic carbocycles. The average Bonchev–Trinajstić information content (AvgIpc) is 2.29. The third kappa shape index (κ3) is 9.88. The maximum Gasteiger partial charge on any atom is 0.120 e. The Morgan fingerprint density at radius 3 is 2.06 bits per heavy atom. The summed E-state index contributed by atoms with van der Waals surface area (Å²) < 4.78 is 0. The lowest BCUT2D eigenvalue weighted by Gasteiger charge is -2.18. The van der Waals surface area contributed by atoms with Crippen molar-refractivity contribution in [1.29, 1.82) is 0 Å². The molecule has 0 amide bonds. The predicted octanol–water partition coefficient (Wildman–Crippen LogP) is 3.78. The molecular formula is C14H26O2. The molecule has 1 saturated carbocycles. The highest BCUT2D eigenvalue weighted by atomic mass is 16.1. The van der Waals surface area contributed by atoms with E-state index in [4.69, 9.17) is 0 Å². The van der Waals surface area contributed by atoms with Crippen molar-refractivity contribution in [2.45, 2.75) is 65.2 Å². The third-order valence-corrected chi connectivity index (χ3v) is 3.02. The molecule has 1 rings (SSSR count). The van der Waals surface area contributed by atoms with Crippen LogP contribution in [0, 0.1) is 11.8 Å². The van der Waals surface area contributed by atoms with Crippen LogP contribution in [0.3, 0.4) is 0 Å². The molecule has 0 unspecified atom stereocenters. The van der Waals surface area contributed by atoms with Gasteiger partial charge < -0.3 is 9.59 Å². The summed E-state index contributed by atoms with van der Waals surface area (Å²) >= 11 is 0. The number of carbonyl (C=O) groups is 2. The second-order valence-electron chi connectivity index (χ2n) is 5.04. The van der Waals surface area contributed by atoms with Crippen molar-refractivity contribution in [2.75, 3.05) is 0 Å². The van der Waals surface area contributed by atoms with Gasteiger partial charge in [-0.1, -0.05) is 46.0 Å². The lowest BCUT2D eigenvalue weighted by molar-refractivity contribution is -0.109. The van der Waals surface area contributed by atoms with Gasteiger partial charge in [0.25, 0.3) is 0 Å². The summed E-state index contributed by atoms with van der Waals surface area (Å²) in [6.45, 7) is 4.23. The standard InChI is InChI=1S/C8H14O.C6H12O/c9-7-6-8-4-2-1-3-5-8;1-6(2)4-3-5-7/h7-8H,1-6H2;5-6H,3-4H2,1-2H3. The van der Waals surface area contributed by atoms with Crippen LogP contribution in [0.4, 0.5) is 0 Å². The first-order chi connectivity index (χ1) is 7.70. The Morgan fingerprint density at radius 1 is 1.06 bits per heavy atom. The SMILES string of the molecule is CC(C)CCC=O.O=CCC1CCCCC1. The number of aldehydes is 2. The first-order valence-electron chi connectivity index (χ1n) is 6.58. The zero-order valence-electron chi connectivity index (χ0n) is 10.8. The van der Waals surface area contributed by atoms with Crippen LogP contribution in [0.25, 0.3) is 0 Å². The van der Waals surface area contributed by atoms with Crippen molar-refractivity contribution in [3.8, 4) is 0 Å². The number of hydrogen-bond acceptors (Lipinski definition) is 2. The van der Waals surface area contributed by atoms with Gasteiger partial charge in [-0.2, -0.15) is 0 Å². The lowest BCUT2D eigenvalue weighted by atomic mass is 9.87. The normalized spacial score (nSPS) is 16.4. The molecule has 0 atom stereocenters. The van der Waals surface area contributed by atoms with Gasteiger partial charge in [0.2, 0.25) is 0 Å². The predicted molar refractivity (Wildman–Crippen MR) is 67.4 cm³/mol. The molecule has 0 saturated heterocycles. The molecule has 0 radical (unpaired) electrons. The van der Waals surface area contributed by atoms with Gasteiger partial charge in [-0.25, -0.2) is 0 Å². The minimum Gasteiger partial charge on any atom is -0.303 e. The van der Waals surface area contributed by atoms with E-state index in [1.807, 2.05) is 0 Å². The van der Waals surface area contributed by atoms with Gasteiger partial charge in [0.05, 0.1) is 0 Å². The summed E-state index contributed by atoms with van der Waals surface area (Å²) in [7, 11) is 0. The quantitative estimate of drug-likeness (QED) is 0.669. The van der Waals surface area contributed by atoms with Gasteiger partial charge in [-0.05, 0) is 18.3 Å². The first kappa shape index (κ1) is 15.3. The Balaban J connectivity index is 0.000000293. The smallest absolute Gasteiger partial charge is 0.120 e. The highest BCUT2D eigenvalue weighted by Gasteiger charge is 2.11. The molecule has 0 spiro atoms. The zero-order valence-corrected chi connectivity index (χ0v) is 10.8. The summed E-state index contributed by atoms with van der Waals surface area (Å²) in [5.74, 6) is 1.40. The van der Waals surface area contributed by atoms with Gasteiger partial charge in [-0.15, -0.1) is 0 Å². The van der Waals surface area contributed by atoms with E-state index in [1.54, 1.807) is 0 Å². The van der Waals surface area contributed by atoms with Crippen LogP contribution in [0.5, 0.6) is 0 Å². The van der Waals surface area contributed by atoms with E-state index < -0.39 is 0 Å². The summed E-state index contributed by atoms with van der Waals surface area (Å²) in [5.41, 5.74) is 0. The number of carbonyl (C=O) groups excluding carboxylic acids is 2. The molecule has 0 heterocycles. The van der Waals surface area contributed by atoms with E-state index in [9.17, 15) is 9.59 Å². The van der Waals surface area contributed by atoms with Crippen LogP contribution < -0.4 is 0 Å². The van der Waals surface area contributed by atoms with E-state index >= 15 is 0 Å². The maximum atomic E-state index is 10.1. The fourth-order valence-electron chi connectivity index (χ4n) is 1.96. The van der Waals surface area contributed by atoms with E-state index in [-0.39, 0.29) is 0 Å². The number of rotatable bonds is 5. The van der Waals surface area contributed by atoms with E-state index in [0.29, 0.717) is 5.92 Å².